The number of hydrogen-bond acceptors (Lipinski definition) is 2. The van der Waals surface area contributed by atoms with Crippen LogP contribution in [0.5, 0.6) is 0 Å². The normalized spacial score (nSPS) is 11.8. The zero-order chi connectivity index (χ0) is 63.2. The molecule has 4 heterocycles. The number of pyridine rings is 2. The minimum Gasteiger partial charge on any atom is -0.232 e. The molecule has 0 atom stereocenters. The van der Waals surface area contributed by atoms with E-state index >= 15 is 0 Å². The van der Waals surface area contributed by atoms with E-state index in [4.69, 9.17) is 10.2 Å². The Morgan fingerprint density at radius 3 is 0.854 bits per heavy atom. The highest BCUT2D eigenvalue weighted by Gasteiger charge is 2.21. The average Bonchev–Trinajstić information content (AvgIpc) is 1.43. The van der Waals surface area contributed by atoms with Crippen molar-refractivity contribution in [2.75, 3.05) is 0 Å². The minimum atomic E-state index is 0.969. The number of aromatic nitrogens is 4. The summed E-state index contributed by atoms with van der Waals surface area (Å²) in [5.74, 6) is 0. The standard InChI is InChI=1S/C51H32N2.C41H26N2/c1-3-12-38-29-41(23-19-33(38)9-1)50-44-14-6-7-15-45(44)51(42-24-20-34-10-2-4-13-39(34)30-42)47-31-40(26-28-46(47)50)35-17-21-36(22-18-35)48-32-43-27-25-37-11-5-8-16-49(37)53(43)52-48;1-2-11-31-25-32(22-17-27(31)9-1)41-36-14-6-4-12-34(36)40(35-13-5-7-15-37(35)41)30-20-18-28(19-21-30)38-26-33-24-23-29-10-3-8-16-39(29)43(33)42-38/h1-32H;1-26H. The van der Waals surface area contributed by atoms with Crippen molar-refractivity contribution in [3.05, 3.63) is 352 Å². The van der Waals surface area contributed by atoms with Crippen molar-refractivity contribution >= 4 is 108 Å². The van der Waals surface area contributed by atoms with Gasteiger partial charge in [0.15, 0.2) is 0 Å². The van der Waals surface area contributed by atoms with E-state index in [1.165, 1.54) is 142 Å². The van der Waals surface area contributed by atoms with Gasteiger partial charge >= 0.3 is 0 Å². The fraction of sp³-hybridized carbons (Fsp3) is 0. The van der Waals surface area contributed by atoms with E-state index in [2.05, 4.69) is 352 Å². The lowest BCUT2D eigenvalue weighted by Crippen LogP contribution is -1.92. The number of fused-ring (bicyclic) bond motifs is 13. The van der Waals surface area contributed by atoms with Gasteiger partial charge in [0.25, 0.3) is 0 Å². The summed E-state index contributed by atoms with van der Waals surface area (Å²) in [6.07, 6.45) is 0. The summed E-state index contributed by atoms with van der Waals surface area (Å²) in [4.78, 5) is 0. The third-order valence-electron chi connectivity index (χ3n) is 19.7. The maximum Gasteiger partial charge on any atom is 0.0933 e. The molecule has 4 nitrogen and oxygen atoms in total. The molecule has 0 saturated heterocycles. The molecule has 4 heteroatoms. The first kappa shape index (κ1) is 54.9. The molecule has 16 aromatic carbocycles. The van der Waals surface area contributed by atoms with Gasteiger partial charge < -0.3 is 0 Å². The first-order valence-electron chi connectivity index (χ1n) is 32.9. The molecule has 0 bridgehead atoms. The van der Waals surface area contributed by atoms with Gasteiger partial charge in [0.2, 0.25) is 0 Å². The average molecular weight is 1220 g/mol. The maximum atomic E-state index is 5.02. The third kappa shape index (κ3) is 9.29. The van der Waals surface area contributed by atoms with E-state index < -0.39 is 0 Å². The number of hydrogen-bond donors (Lipinski definition) is 0. The fourth-order valence-electron chi connectivity index (χ4n) is 15.1. The molecule has 0 saturated carbocycles. The number of benzene rings is 16. The SMILES string of the molecule is c1ccc2cc(-c3c4ccccc4c(-c4ccc(-c5cc6ccc7ccccc7n6n5)cc4)c4ccccc34)ccc2c1.c1ccc2cc(-c3c4ccccc4c(-c4ccc5ccccc5c4)c4cc(-c5ccc(-c6cc7ccc8ccccc8n7n6)cc5)ccc34)ccc2c1. The predicted octanol–water partition coefficient (Wildman–Crippen LogP) is 24.7. The molecule has 20 aromatic rings. The second kappa shape index (κ2) is 22.5. The van der Waals surface area contributed by atoms with Crippen molar-refractivity contribution in [2.45, 2.75) is 0 Å². The van der Waals surface area contributed by atoms with Crippen molar-refractivity contribution in [1.82, 2.24) is 19.2 Å². The zero-order valence-electron chi connectivity index (χ0n) is 52.3. The van der Waals surface area contributed by atoms with Crippen LogP contribution in [0.1, 0.15) is 0 Å². The summed E-state index contributed by atoms with van der Waals surface area (Å²) in [5, 5.41) is 30.0. The minimum absolute atomic E-state index is 0.969. The zero-order valence-corrected chi connectivity index (χ0v) is 52.3. The molecule has 0 spiro atoms. The molecular formula is C92H58N4. The maximum absolute atomic E-state index is 5.02. The summed E-state index contributed by atoms with van der Waals surface area (Å²) in [7, 11) is 0. The summed E-state index contributed by atoms with van der Waals surface area (Å²) in [5.41, 5.74) is 20.9. The van der Waals surface area contributed by atoms with Gasteiger partial charge in [0.05, 0.1) is 33.5 Å². The smallest absolute Gasteiger partial charge is 0.0933 e. The lowest BCUT2D eigenvalue weighted by Gasteiger charge is -2.19. The number of para-hydroxylation sites is 2. The molecule has 446 valence electrons. The molecule has 0 amide bonds. The van der Waals surface area contributed by atoms with Gasteiger partial charge in [0, 0.05) is 21.9 Å². The molecule has 96 heavy (non-hydrogen) atoms. The van der Waals surface area contributed by atoms with Gasteiger partial charge in [-0.25, -0.2) is 9.03 Å². The molecule has 4 aromatic heterocycles. The van der Waals surface area contributed by atoms with E-state index in [1.807, 2.05) is 9.03 Å². The molecule has 0 aliphatic carbocycles. The van der Waals surface area contributed by atoms with Crippen LogP contribution in [0.25, 0.3) is 186 Å². The largest absolute Gasteiger partial charge is 0.232 e. The lowest BCUT2D eigenvalue weighted by atomic mass is 9.84. The van der Waals surface area contributed by atoms with Crippen LogP contribution in [-0.2, 0) is 0 Å². The summed E-state index contributed by atoms with van der Waals surface area (Å²) in [6, 6.07) is 128. The van der Waals surface area contributed by atoms with Crippen molar-refractivity contribution in [1.29, 1.82) is 0 Å². The molecule has 20 rings (SSSR count). The van der Waals surface area contributed by atoms with Gasteiger partial charge in [-0.05, 0) is 192 Å². The second-order valence-electron chi connectivity index (χ2n) is 25.3. The Labute approximate surface area is 554 Å². The molecule has 0 fully saturated rings. The Morgan fingerprint density at radius 2 is 0.448 bits per heavy atom. The van der Waals surface area contributed by atoms with Crippen LogP contribution in [0.4, 0.5) is 0 Å². The van der Waals surface area contributed by atoms with Crippen LogP contribution in [0.15, 0.2) is 352 Å². The van der Waals surface area contributed by atoms with E-state index in [9.17, 15) is 0 Å². The quantitative estimate of drug-likeness (QED) is 0.149. The Balaban J connectivity index is 0.000000138. The van der Waals surface area contributed by atoms with Crippen molar-refractivity contribution in [2.24, 2.45) is 0 Å². The summed E-state index contributed by atoms with van der Waals surface area (Å²) in [6.45, 7) is 0. The molecule has 0 radical (unpaired) electrons. The van der Waals surface area contributed by atoms with Crippen LogP contribution in [-0.4, -0.2) is 19.2 Å². The molecule has 0 unspecified atom stereocenters. The van der Waals surface area contributed by atoms with Crippen LogP contribution < -0.4 is 0 Å². The molecule has 0 N–H and O–H groups in total. The Morgan fingerprint density at radius 1 is 0.167 bits per heavy atom. The van der Waals surface area contributed by atoms with Gasteiger partial charge in [0.1, 0.15) is 0 Å². The molecule has 0 aliphatic rings. The monoisotopic (exact) mass is 1220 g/mol. The van der Waals surface area contributed by atoms with Gasteiger partial charge in [-0.3, -0.25) is 0 Å². The number of rotatable bonds is 7. The van der Waals surface area contributed by atoms with Crippen LogP contribution >= 0.6 is 0 Å². The molecular weight excluding hydrogens is 1160 g/mol. The Bertz CT molecular complexity index is 6450. The van der Waals surface area contributed by atoms with Crippen LogP contribution in [0.3, 0.4) is 0 Å². The summed E-state index contributed by atoms with van der Waals surface area (Å²) < 4.78 is 4.10. The van der Waals surface area contributed by atoms with Crippen LogP contribution in [0.2, 0.25) is 0 Å². The Hall–Kier alpha value is -12.8. The van der Waals surface area contributed by atoms with Crippen LogP contribution in [0, 0.1) is 0 Å². The first-order chi connectivity index (χ1) is 47.6. The van der Waals surface area contributed by atoms with Gasteiger partial charge in [-0.15, -0.1) is 0 Å². The predicted molar refractivity (Wildman–Crippen MR) is 406 cm³/mol. The van der Waals surface area contributed by atoms with Crippen molar-refractivity contribution in [3.8, 4) is 78.1 Å². The number of nitrogens with zero attached hydrogens (tertiary/aromatic N) is 4. The topological polar surface area (TPSA) is 34.6 Å². The fourth-order valence-corrected chi connectivity index (χ4v) is 15.1. The van der Waals surface area contributed by atoms with E-state index in [1.54, 1.807) is 0 Å². The second-order valence-corrected chi connectivity index (χ2v) is 25.3. The first-order valence-corrected chi connectivity index (χ1v) is 32.9. The molecule has 0 aliphatic heterocycles. The third-order valence-corrected chi connectivity index (χ3v) is 19.7. The van der Waals surface area contributed by atoms with E-state index in [-0.39, 0.29) is 0 Å². The van der Waals surface area contributed by atoms with E-state index in [0.717, 1.165) is 44.6 Å². The highest BCUT2D eigenvalue weighted by atomic mass is 15.2. The summed E-state index contributed by atoms with van der Waals surface area (Å²) >= 11 is 0. The van der Waals surface area contributed by atoms with Crippen molar-refractivity contribution < 1.29 is 0 Å². The lowest BCUT2D eigenvalue weighted by molar-refractivity contribution is 1.01. The highest BCUT2D eigenvalue weighted by Crippen LogP contribution is 2.48. The van der Waals surface area contributed by atoms with Crippen molar-refractivity contribution in [3.63, 3.8) is 0 Å². The Kier molecular flexibility index (Phi) is 12.9. The van der Waals surface area contributed by atoms with Gasteiger partial charge in [-0.2, -0.15) is 10.2 Å². The highest BCUT2D eigenvalue weighted by molar-refractivity contribution is 6.24. The van der Waals surface area contributed by atoms with E-state index in [0.29, 0.717) is 0 Å². The van der Waals surface area contributed by atoms with Gasteiger partial charge in [-0.1, -0.05) is 291 Å².